The minimum Gasteiger partial charge on any atom is -0.481 e. The van der Waals surface area contributed by atoms with E-state index in [1.807, 2.05) is 24.3 Å². The van der Waals surface area contributed by atoms with E-state index in [0.717, 1.165) is 31.2 Å². The van der Waals surface area contributed by atoms with Gasteiger partial charge in [-0.1, -0.05) is 30.9 Å². The van der Waals surface area contributed by atoms with Crippen LogP contribution in [0.5, 0.6) is 5.75 Å². The molecule has 0 unspecified atom stereocenters. The second-order valence-corrected chi connectivity index (χ2v) is 9.47. The summed E-state index contributed by atoms with van der Waals surface area (Å²) >= 11 is 0. The highest BCUT2D eigenvalue weighted by atomic mass is 32.2. The van der Waals surface area contributed by atoms with Crippen LogP contribution in [0.2, 0.25) is 0 Å². The molecule has 0 aromatic heterocycles. The van der Waals surface area contributed by atoms with Gasteiger partial charge in [-0.2, -0.15) is 0 Å². The first-order chi connectivity index (χ1) is 14.5. The van der Waals surface area contributed by atoms with E-state index >= 15 is 0 Å². The van der Waals surface area contributed by atoms with E-state index in [1.54, 1.807) is 24.3 Å². The summed E-state index contributed by atoms with van der Waals surface area (Å²) in [6.45, 7) is 0.694. The van der Waals surface area contributed by atoms with E-state index in [2.05, 4.69) is 16.6 Å². The third kappa shape index (κ3) is 5.77. The maximum Gasteiger partial charge on any atom is 0.319 e. The van der Waals surface area contributed by atoms with Crippen LogP contribution in [-0.4, -0.2) is 32.9 Å². The lowest BCUT2D eigenvalue weighted by molar-refractivity contribution is 0.252. The first-order valence-corrected chi connectivity index (χ1v) is 11.6. The number of sulfone groups is 1. The number of carbonyl (C=O) groups is 1. The van der Waals surface area contributed by atoms with Crippen LogP contribution in [0.15, 0.2) is 53.4 Å². The number of rotatable bonds is 8. The number of carbonyl (C=O) groups excluding carboxylic acids is 1. The van der Waals surface area contributed by atoms with Crippen molar-refractivity contribution in [1.82, 2.24) is 5.32 Å². The van der Waals surface area contributed by atoms with E-state index in [1.165, 1.54) is 0 Å². The number of ether oxygens (including phenoxy) is 1. The Morgan fingerprint density at radius 1 is 1.07 bits per heavy atom. The maximum atomic E-state index is 12.6. The zero-order chi connectivity index (χ0) is 21.4. The molecule has 1 aliphatic carbocycles. The van der Waals surface area contributed by atoms with E-state index < -0.39 is 9.84 Å². The molecular weight excluding hydrogens is 400 g/mol. The monoisotopic (exact) mass is 426 g/mol. The summed E-state index contributed by atoms with van der Waals surface area (Å²) in [5, 5.41) is 5.24. The van der Waals surface area contributed by atoms with E-state index in [0.29, 0.717) is 29.3 Å². The van der Waals surface area contributed by atoms with Gasteiger partial charge in [-0.3, -0.25) is 0 Å². The van der Waals surface area contributed by atoms with Gasteiger partial charge in [0.1, 0.15) is 12.4 Å². The van der Waals surface area contributed by atoms with E-state index in [-0.39, 0.29) is 17.9 Å². The van der Waals surface area contributed by atoms with Gasteiger partial charge in [0.05, 0.1) is 10.1 Å². The molecule has 1 fully saturated rings. The number of nitrogens with one attached hydrogen (secondary N) is 2. The van der Waals surface area contributed by atoms with Crippen LogP contribution in [0.4, 0.5) is 10.5 Å². The van der Waals surface area contributed by atoms with Crippen molar-refractivity contribution in [2.45, 2.75) is 42.2 Å². The molecule has 0 bridgehead atoms. The lowest BCUT2D eigenvalue weighted by atomic mass is 10.1. The van der Waals surface area contributed by atoms with Gasteiger partial charge in [0, 0.05) is 12.2 Å². The van der Waals surface area contributed by atoms with Crippen LogP contribution < -0.4 is 15.4 Å². The molecule has 0 aliphatic heterocycles. The lowest BCUT2D eigenvalue weighted by Crippen LogP contribution is -2.30. The summed E-state index contributed by atoms with van der Waals surface area (Å²) in [5.74, 6) is 3.12. The van der Waals surface area contributed by atoms with Gasteiger partial charge >= 0.3 is 6.03 Å². The van der Waals surface area contributed by atoms with Crippen molar-refractivity contribution in [3.8, 4) is 18.1 Å². The van der Waals surface area contributed by atoms with Crippen molar-refractivity contribution >= 4 is 21.6 Å². The average Bonchev–Trinajstić information content (AvgIpc) is 3.29. The second kappa shape index (κ2) is 10.2. The van der Waals surface area contributed by atoms with Gasteiger partial charge in [0.25, 0.3) is 0 Å². The minimum absolute atomic E-state index is 0.231. The lowest BCUT2D eigenvalue weighted by Gasteiger charge is -2.12. The Morgan fingerprint density at radius 2 is 1.73 bits per heavy atom. The van der Waals surface area contributed by atoms with Gasteiger partial charge in [-0.05, 0) is 61.2 Å². The standard InChI is InChI=1S/C23H26N2O4S/c1-2-17-29-20-11-7-18(8-12-20)15-16-24-23(26)25-19-9-13-22(14-10-19)30(27,28)21-5-3-4-6-21/h1,7-14,21H,3-6,15-17H2,(H2,24,25,26). The van der Waals surface area contributed by atoms with E-state index in [9.17, 15) is 13.2 Å². The number of hydrogen-bond donors (Lipinski definition) is 2. The van der Waals surface area contributed by atoms with Crippen molar-refractivity contribution in [3.05, 3.63) is 54.1 Å². The van der Waals surface area contributed by atoms with Crippen LogP contribution in [0.3, 0.4) is 0 Å². The first-order valence-electron chi connectivity index (χ1n) is 10.0. The SMILES string of the molecule is C#CCOc1ccc(CCNC(=O)Nc2ccc(S(=O)(=O)C3CCCC3)cc2)cc1. The zero-order valence-corrected chi connectivity index (χ0v) is 17.6. The van der Waals surface area contributed by atoms with Crippen LogP contribution in [0.1, 0.15) is 31.2 Å². The number of benzene rings is 2. The van der Waals surface area contributed by atoms with Crippen molar-refractivity contribution in [1.29, 1.82) is 0 Å². The van der Waals surface area contributed by atoms with Crippen molar-refractivity contribution in [3.63, 3.8) is 0 Å². The third-order valence-corrected chi connectivity index (χ3v) is 7.40. The minimum atomic E-state index is -3.28. The molecule has 6 nitrogen and oxygen atoms in total. The molecule has 1 saturated carbocycles. The molecule has 2 aromatic rings. The van der Waals surface area contributed by atoms with Gasteiger partial charge in [0.2, 0.25) is 0 Å². The Balaban J connectivity index is 1.45. The Hall–Kier alpha value is -2.98. The largest absolute Gasteiger partial charge is 0.481 e. The first kappa shape index (κ1) is 21.7. The molecule has 0 radical (unpaired) electrons. The normalized spacial score (nSPS) is 14.1. The number of amides is 2. The molecule has 3 rings (SSSR count). The van der Waals surface area contributed by atoms with Gasteiger partial charge < -0.3 is 15.4 Å². The molecule has 0 saturated heterocycles. The number of terminal acetylenes is 1. The highest BCUT2D eigenvalue weighted by molar-refractivity contribution is 7.92. The summed E-state index contributed by atoms with van der Waals surface area (Å²) < 4.78 is 30.5. The molecule has 158 valence electrons. The maximum absolute atomic E-state index is 12.6. The Bertz CT molecular complexity index is 987. The fourth-order valence-electron chi connectivity index (χ4n) is 3.49. The average molecular weight is 427 g/mol. The smallest absolute Gasteiger partial charge is 0.319 e. The summed E-state index contributed by atoms with van der Waals surface area (Å²) in [6.07, 6.45) is 9.21. The van der Waals surface area contributed by atoms with Crippen molar-refractivity contribution in [2.24, 2.45) is 0 Å². The Kier molecular flexibility index (Phi) is 7.36. The quantitative estimate of drug-likeness (QED) is 0.629. The third-order valence-electron chi connectivity index (χ3n) is 5.13. The van der Waals surface area contributed by atoms with E-state index in [4.69, 9.17) is 11.2 Å². The molecule has 2 aromatic carbocycles. The molecule has 2 amide bonds. The Morgan fingerprint density at radius 3 is 2.37 bits per heavy atom. The zero-order valence-electron chi connectivity index (χ0n) is 16.8. The predicted octanol–water partition coefficient (Wildman–Crippen LogP) is 3.78. The molecule has 1 aliphatic rings. The van der Waals surface area contributed by atoms with Gasteiger partial charge in [-0.25, -0.2) is 13.2 Å². The summed E-state index contributed by atoms with van der Waals surface area (Å²) in [4.78, 5) is 12.4. The number of anilines is 1. The summed E-state index contributed by atoms with van der Waals surface area (Å²) in [5.41, 5.74) is 1.61. The molecular formula is C23H26N2O4S. The summed E-state index contributed by atoms with van der Waals surface area (Å²) in [7, 11) is -3.28. The summed E-state index contributed by atoms with van der Waals surface area (Å²) in [6, 6.07) is 13.6. The number of urea groups is 1. The fraction of sp³-hybridized carbons (Fsp3) is 0.348. The highest BCUT2D eigenvalue weighted by Gasteiger charge is 2.30. The van der Waals surface area contributed by atoms with Crippen molar-refractivity contribution in [2.75, 3.05) is 18.5 Å². The molecule has 2 N–H and O–H groups in total. The number of hydrogen-bond acceptors (Lipinski definition) is 4. The highest BCUT2D eigenvalue weighted by Crippen LogP contribution is 2.30. The van der Waals surface area contributed by atoms with Crippen molar-refractivity contribution < 1.29 is 17.9 Å². The van der Waals surface area contributed by atoms with Gasteiger partial charge in [0.15, 0.2) is 9.84 Å². The van der Waals surface area contributed by atoms with Crippen LogP contribution in [-0.2, 0) is 16.3 Å². The molecule has 30 heavy (non-hydrogen) atoms. The van der Waals surface area contributed by atoms with Crippen LogP contribution >= 0.6 is 0 Å². The second-order valence-electron chi connectivity index (χ2n) is 7.24. The van der Waals surface area contributed by atoms with Crippen LogP contribution in [0.25, 0.3) is 0 Å². The van der Waals surface area contributed by atoms with Crippen LogP contribution in [0, 0.1) is 12.3 Å². The molecule has 0 atom stereocenters. The molecule has 0 spiro atoms. The molecule has 0 heterocycles. The molecule has 7 heteroatoms. The fourth-order valence-corrected chi connectivity index (χ4v) is 5.35. The Labute approximate surface area is 177 Å². The van der Waals surface area contributed by atoms with Gasteiger partial charge in [-0.15, -0.1) is 6.42 Å². The predicted molar refractivity (Wildman–Crippen MR) is 117 cm³/mol. The topological polar surface area (TPSA) is 84.5 Å².